The third-order valence-electron chi connectivity index (χ3n) is 6.93. The van der Waals surface area contributed by atoms with Crippen LogP contribution in [0.2, 0.25) is 0 Å². The Balaban J connectivity index is 1.37. The molecular formula is C33H39ClFN7O2. The van der Waals surface area contributed by atoms with Crippen molar-refractivity contribution in [3.63, 3.8) is 0 Å². The van der Waals surface area contributed by atoms with Crippen molar-refractivity contribution in [2.75, 3.05) is 43.2 Å². The summed E-state index contributed by atoms with van der Waals surface area (Å²) in [7, 11) is 0. The molecule has 0 aromatic carbocycles. The van der Waals surface area contributed by atoms with Gasteiger partial charge in [0.25, 0.3) is 0 Å². The monoisotopic (exact) mass is 619 g/mol. The van der Waals surface area contributed by atoms with Crippen molar-refractivity contribution in [2.45, 2.75) is 33.1 Å². The van der Waals surface area contributed by atoms with Crippen molar-refractivity contribution in [3.05, 3.63) is 107 Å². The third kappa shape index (κ3) is 10.2. The van der Waals surface area contributed by atoms with Crippen LogP contribution in [0.1, 0.15) is 33.1 Å². The third-order valence-corrected chi connectivity index (χ3v) is 7.28. The molecule has 1 atom stereocenters. The van der Waals surface area contributed by atoms with Crippen molar-refractivity contribution < 1.29 is 14.2 Å². The zero-order valence-corrected chi connectivity index (χ0v) is 25.8. The molecule has 0 saturated carbocycles. The molecule has 0 bridgehead atoms. The average Bonchev–Trinajstić information content (AvgIpc) is 3.14. The van der Waals surface area contributed by atoms with Crippen molar-refractivity contribution in [3.8, 4) is 0 Å². The molecule has 1 saturated heterocycles. The molecule has 1 fully saturated rings. The zero-order valence-electron chi connectivity index (χ0n) is 25.1. The summed E-state index contributed by atoms with van der Waals surface area (Å²) in [6, 6.07) is 0. The van der Waals surface area contributed by atoms with Crippen molar-refractivity contribution >= 4 is 35.3 Å². The predicted octanol–water partition coefficient (Wildman–Crippen LogP) is 6.66. The van der Waals surface area contributed by atoms with Crippen LogP contribution in [0.15, 0.2) is 111 Å². The van der Waals surface area contributed by atoms with Gasteiger partial charge in [-0.2, -0.15) is 10.1 Å². The van der Waals surface area contributed by atoms with Gasteiger partial charge in [-0.15, -0.1) is 0 Å². The minimum absolute atomic E-state index is 0.103. The molecular weight excluding hydrogens is 581 g/mol. The highest BCUT2D eigenvalue weighted by atomic mass is 35.5. The van der Waals surface area contributed by atoms with Crippen LogP contribution in [-0.2, 0) is 4.74 Å². The molecule has 3 N–H and O–H groups in total. The molecule has 2 heterocycles. The summed E-state index contributed by atoms with van der Waals surface area (Å²) >= 11 is 6.78. The number of aliphatic hydroxyl groups excluding tert-OH is 1. The fraction of sp³-hybridized carbons (Fsp3) is 0.333. The number of hydrazone groups is 1. The minimum Gasteiger partial charge on any atom is -0.508 e. The number of morpholine rings is 1. The average molecular weight is 620 g/mol. The highest BCUT2D eigenvalue weighted by Crippen LogP contribution is 2.31. The Kier molecular flexibility index (Phi) is 12.7. The summed E-state index contributed by atoms with van der Waals surface area (Å²) in [6.07, 6.45) is 26.2. The molecule has 2 aliphatic carbocycles. The lowest BCUT2D eigenvalue weighted by Crippen LogP contribution is -2.37. The molecule has 44 heavy (non-hydrogen) atoms. The standard InChI is InChI=1S/C33H39ClFN7O2/c1-3-8-27(22-39-41-33-38-23-31(35)32(40-33)42-15-17-44-18-16-42)37-21-24(2)20-36-26-10-7-12-29(30(34)19-26)25-9-5-4-6-11-28(43)14-13-25/h3-5,7-8,10-11,13-14,19,21-23,25,36,43H,6,9,12,15-18,20H2,1-2H3,(H,38,40,41)/b5-4-,8-3-,14-13?,24-21+,28-11?,37-27?,39-22+. The van der Waals surface area contributed by atoms with Crippen LogP contribution >= 0.6 is 11.6 Å². The predicted molar refractivity (Wildman–Crippen MR) is 178 cm³/mol. The number of allylic oxidation sites excluding steroid dienone is 12. The van der Waals surface area contributed by atoms with Crippen LogP contribution in [0.5, 0.6) is 0 Å². The van der Waals surface area contributed by atoms with E-state index in [1.165, 1.54) is 0 Å². The Bertz CT molecular complexity index is 1460. The molecule has 232 valence electrons. The number of halogens is 2. The van der Waals surface area contributed by atoms with Crippen molar-refractivity contribution in [1.29, 1.82) is 0 Å². The van der Waals surface area contributed by atoms with Crippen LogP contribution in [0.4, 0.5) is 16.2 Å². The lowest BCUT2D eigenvalue weighted by molar-refractivity contribution is 0.122. The van der Waals surface area contributed by atoms with Crippen molar-refractivity contribution in [2.24, 2.45) is 16.0 Å². The second-order valence-corrected chi connectivity index (χ2v) is 10.7. The Hall–Kier alpha value is -4.28. The number of aromatic nitrogens is 2. The topological polar surface area (TPSA) is 107 Å². The van der Waals surface area contributed by atoms with Gasteiger partial charge in [0.1, 0.15) is 5.76 Å². The van der Waals surface area contributed by atoms with E-state index >= 15 is 0 Å². The van der Waals surface area contributed by atoms with E-state index in [0.717, 1.165) is 35.9 Å². The first-order valence-corrected chi connectivity index (χ1v) is 15.0. The molecule has 9 nitrogen and oxygen atoms in total. The molecule has 1 aromatic rings. The number of ether oxygens (including phenoxy) is 1. The van der Waals surface area contributed by atoms with E-state index in [2.05, 4.69) is 49.0 Å². The normalized spacial score (nSPS) is 21.1. The summed E-state index contributed by atoms with van der Waals surface area (Å²) in [4.78, 5) is 14.6. The van der Waals surface area contributed by atoms with E-state index in [1.807, 2.05) is 49.1 Å². The van der Waals surface area contributed by atoms with E-state index in [-0.39, 0.29) is 23.4 Å². The van der Waals surface area contributed by atoms with Gasteiger partial charge in [0.15, 0.2) is 11.6 Å². The van der Waals surface area contributed by atoms with Crippen LogP contribution in [0, 0.1) is 11.7 Å². The summed E-state index contributed by atoms with van der Waals surface area (Å²) in [5.74, 6) is 0.298. The Morgan fingerprint density at radius 3 is 2.91 bits per heavy atom. The molecule has 11 heteroatoms. The molecule has 4 rings (SSSR count). The zero-order chi connectivity index (χ0) is 31.1. The second kappa shape index (κ2) is 17.1. The lowest BCUT2D eigenvalue weighted by Gasteiger charge is -2.27. The molecule has 1 aliphatic heterocycles. The van der Waals surface area contributed by atoms with Gasteiger partial charge in [-0.05, 0) is 74.6 Å². The van der Waals surface area contributed by atoms with Gasteiger partial charge in [-0.3, -0.25) is 4.99 Å². The highest BCUT2D eigenvalue weighted by molar-refractivity contribution is 6.36. The fourth-order valence-corrected chi connectivity index (χ4v) is 4.94. The number of anilines is 2. The van der Waals surface area contributed by atoms with Crippen LogP contribution in [-0.4, -0.2) is 59.8 Å². The molecule has 1 aromatic heterocycles. The molecule has 1 unspecified atom stereocenters. The number of hydrogen-bond donors (Lipinski definition) is 3. The summed E-state index contributed by atoms with van der Waals surface area (Å²) in [5.41, 5.74) is 6.39. The number of aliphatic imine (C=N–C) groups is 1. The number of aliphatic hydroxyl groups is 1. The smallest absolute Gasteiger partial charge is 0.245 e. The molecule has 3 aliphatic rings. The summed E-state index contributed by atoms with van der Waals surface area (Å²) in [6.45, 7) is 6.62. The van der Waals surface area contributed by atoms with Gasteiger partial charge >= 0.3 is 0 Å². The summed E-state index contributed by atoms with van der Waals surface area (Å²) < 4.78 is 19.6. The molecule has 0 radical (unpaired) electrons. The number of nitrogens with one attached hydrogen (secondary N) is 2. The first kappa shape index (κ1) is 32.6. The Morgan fingerprint density at radius 2 is 2.09 bits per heavy atom. The van der Waals surface area contributed by atoms with E-state index < -0.39 is 5.82 Å². The second-order valence-electron chi connectivity index (χ2n) is 10.3. The van der Waals surface area contributed by atoms with Crippen LogP contribution in [0.3, 0.4) is 0 Å². The van der Waals surface area contributed by atoms with Gasteiger partial charge in [0, 0.05) is 42.5 Å². The van der Waals surface area contributed by atoms with Gasteiger partial charge in [-0.25, -0.2) is 14.8 Å². The fourth-order valence-electron chi connectivity index (χ4n) is 4.60. The van der Waals surface area contributed by atoms with Gasteiger partial charge in [-0.1, -0.05) is 42.0 Å². The number of hydrogen-bond acceptors (Lipinski definition) is 9. The van der Waals surface area contributed by atoms with E-state index in [1.54, 1.807) is 24.6 Å². The quantitative estimate of drug-likeness (QED) is 0.153. The van der Waals surface area contributed by atoms with E-state index in [0.29, 0.717) is 50.0 Å². The summed E-state index contributed by atoms with van der Waals surface area (Å²) in [5, 5.41) is 18.3. The Labute approximate surface area is 263 Å². The van der Waals surface area contributed by atoms with E-state index in [4.69, 9.17) is 16.3 Å². The van der Waals surface area contributed by atoms with Crippen LogP contribution in [0.25, 0.3) is 0 Å². The first-order chi connectivity index (χ1) is 21.4. The highest BCUT2D eigenvalue weighted by Gasteiger charge is 2.18. The van der Waals surface area contributed by atoms with Gasteiger partial charge in [0.2, 0.25) is 5.95 Å². The largest absolute Gasteiger partial charge is 0.508 e. The minimum atomic E-state index is -0.487. The molecule has 0 spiro atoms. The number of nitrogens with zero attached hydrogens (tertiary/aromatic N) is 5. The molecule has 0 amide bonds. The van der Waals surface area contributed by atoms with E-state index in [9.17, 15) is 9.50 Å². The maximum Gasteiger partial charge on any atom is 0.245 e. The SMILES string of the molecule is C/C=C\C(/C=N/Nc1ncc(F)c(N2CCOCC2)n1)=N/C=C(\C)CNC1=CC(Cl)=C(C2C=CC(O)=CC/C=C\C2)CC=C1. The van der Waals surface area contributed by atoms with Gasteiger partial charge < -0.3 is 20.1 Å². The Morgan fingerprint density at radius 1 is 1.25 bits per heavy atom. The maximum atomic E-state index is 14.3. The van der Waals surface area contributed by atoms with Gasteiger partial charge in [0.05, 0.1) is 31.3 Å². The first-order valence-electron chi connectivity index (χ1n) is 14.7. The van der Waals surface area contributed by atoms with Crippen LogP contribution < -0.4 is 15.6 Å². The number of rotatable bonds is 10. The van der Waals surface area contributed by atoms with Crippen molar-refractivity contribution in [1.82, 2.24) is 15.3 Å². The lowest BCUT2D eigenvalue weighted by atomic mass is 9.92. The maximum absolute atomic E-state index is 14.3.